The molecule has 2 N–H and O–H groups in total. The fourth-order valence-electron chi connectivity index (χ4n) is 4.30. The van der Waals surface area contributed by atoms with Gasteiger partial charge in [-0.2, -0.15) is 0 Å². The number of benzene rings is 3. The Morgan fingerprint density at radius 3 is 2.31 bits per heavy atom. The van der Waals surface area contributed by atoms with Crippen LogP contribution in [-0.4, -0.2) is 49.4 Å². The summed E-state index contributed by atoms with van der Waals surface area (Å²) in [6.45, 7) is 3.89. The van der Waals surface area contributed by atoms with Gasteiger partial charge >= 0.3 is 0 Å². The molecule has 0 unspecified atom stereocenters. The number of nitrogens with one attached hydrogen (secondary N) is 2. The summed E-state index contributed by atoms with van der Waals surface area (Å²) in [4.78, 5) is 27.3. The first kappa shape index (κ1) is 22.0. The topological polar surface area (TPSA) is 61.4 Å². The fraction of sp³-hybridized carbons (Fsp3) is 0.333. The lowest BCUT2D eigenvalue weighted by atomic mass is 9.96. The predicted octanol–water partition coefficient (Wildman–Crippen LogP) is 3.64. The van der Waals surface area contributed by atoms with Crippen LogP contribution in [0.1, 0.15) is 28.8 Å². The van der Waals surface area contributed by atoms with Gasteiger partial charge in [-0.05, 0) is 60.8 Å². The summed E-state index contributed by atoms with van der Waals surface area (Å²) in [5, 5.41) is 8.33. The van der Waals surface area contributed by atoms with Gasteiger partial charge in [0.1, 0.15) is 0 Å². The Morgan fingerprint density at radius 1 is 0.812 bits per heavy atom. The lowest BCUT2D eigenvalue weighted by molar-refractivity contribution is -0.126. The van der Waals surface area contributed by atoms with Gasteiger partial charge in [0.25, 0.3) is 5.91 Å². The Bertz CT molecular complexity index is 1040. The van der Waals surface area contributed by atoms with Crippen molar-refractivity contribution in [1.29, 1.82) is 0 Å². The predicted molar refractivity (Wildman–Crippen MR) is 129 cm³/mol. The minimum absolute atomic E-state index is 0.0385. The lowest BCUT2D eigenvalue weighted by Crippen LogP contribution is -2.43. The van der Waals surface area contributed by atoms with E-state index in [9.17, 15) is 9.59 Å². The van der Waals surface area contributed by atoms with Crippen LogP contribution in [0.2, 0.25) is 0 Å². The zero-order valence-corrected chi connectivity index (χ0v) is 18.4. The van der Waals surface area contributed by atoms with E-state index in [-0.39, 0.29) is 17.7 Å². The van der Waals surface area contributed by atoms with Crippen LogP contribution < -0.4 is 10.6 Å². The van der Waals surface area contributed by atoms with E-state index in [1.807, 2.05) is 60.7 Å². The standard InChI is InChI=1S/C27H31N3O2/c31-26(28-15-12-21-6-2-1-3-7-21)23-13-17-30(18-14-23)19-16-29-27(32)25-11-10-22-8-4-5-9-24(22)20-25/h1-11,20,23H,12-19H2,(H,28,31)(H,29,32). The first-order chi connectivity index (χ1) is 15.7. The highest BCUT2D eigenvalue weighted by Crippen LogP contribution is 2.17. The molecule has 0 bridgehead atoms. The molecule has 0 atom stereocenters. The highest BCUT2D eigenvalue weighted by Gasteiger charge is 2.24. The molecule has 32 heavy (non-hydrogen) atoms. The minimum Gasteiger partial charge on any atom is -0.356 e. The molecule has 0 aromatic heterocycles. The molecule has 4 rings (SSSR count). The van der Waals surface area contributed by atoms with Crippen molar-refractivity contribution in [3.63, 3.8) is 0 Å². The normalized spacial score (nSPS) is 14.9. The van der Waals surface area contributed by atoms with E-state index in [1.54, 1.807) is 0 Å². The van der Waals surface area contributed by atoms with Gasteiger partial charge in [-0.15, -0.1) is 0 Å². The zero-order valence-electron chi connectivity index (χ0n) is 18.4. The third kappa shape index (κ3) is 5.95. The highest BCUT2D eigenvalue weighted by molar-refractivity contribution is 5.98. The van der Waals surface area contributed by atoms with Crippen LogP contribution in [0, 0.1) is 5.92 Å². The van der Waals surface area contributed by atoms with Crippen LogP contribution in [0.25, 0.3) is 10.8 Å². The number of nitrogens with zero attached hydrogens (tertiary/aromatic N) is 1. The summed E-state index contributed by atoms with van der Waals surface area (Å²) in [6, 6.07) is 24.1. The van der Waals surface area contributed by atoms with Crippen LogP contribution in [0.4, 0.5) is 0 Å². The molecule has 0 spiro atoms. The van der Waals surface area contributed by atoms with Gasteiger partial charge < -0.3 is 15.5 Å². The highest BCUT2D eigenvalue weighted by atomic mass is 16.2. The maximum atomic E-state index is 12.5. The second-order valence-corrected chi connectivity index (χ2v) is 8.46. The smallest absolute Gasteiger partial charge is 0.251 e. The van der Waals surface area contributed by atoms with Crippen molar-refractivity contribution in [2.24, 2.45) is 5.92 Å². The quantitative estimate of drug-likeness (QED) is 0.575. The summed E-state index contributed by atoms with van der Waals surface area (Å²) < 4.78 is 0. The molecule has 166 valence electrons. The minimum atomic E-state index is -0.0385. The van der Waals surface area contributed by atoms with Crippen LogP contribution in [0.15, 0.2) is 72.8 Å². The molecule has 2 amide bonds. The van der Waals surface area contributed by atoms with Crippen molar-refractivity contribution in [3.8, 4) is 0 Å². The maximum absolute atomic E-state index is 12.5. The van der Waals surface area contributed by atoms with Crippen LogP contribution in [0.3, 0.4) is 0 Å². The molecular weight excluding hydrogens is 398 g/mol. The molecule has 1 aliphatic heterocycles. The maximum Gasteiger partial charge on any atom is 0.251 e. The van der Waals surface area contributed by atoms with Gasteiger partial charge in [0.15, 0.2) is 0 Å². The third-order valence-corrected chi connectivity index (χ3v) is 6.24. The Morgan fingerprint density at radius 2 is 1.53 bits per heavy atom. The van der Waals surface area contributed by atoms with Gasteiger partial charge in [0.2, 0.25) is 5.91 Å². The molecule has 1 aliphatic rings. The number of carbonyl (C=O) groups is 2. The number of hydrogen-bond donors (Lipinski definition) is 2. The molecule has 3 aromatic rings. The Kier molecular flexibility index (Phi) is 7.51. The van der Waals surface area contributed by atoms with Crippen LogP contribution in [0.5, 0.6) is 0 Å². The van der Waals surface area contributed by atoms with Gasteiger partial charge in [-0.1, -0.05) is 60.7 Å². The molecule has 0 aliphatic carbocycles. The number of piperidine rings is 1. The third-order valence-electron chi connectivity index (χ3n) is 6.24. The molecule has 5 heteroatoms. The molecule has 0 radical (unpaired) electrons. The first-order valence-corrected chi connectivity index (χ1v) is 11.5. The second kappa shape index (κ2) is 10.9. The van der Waals surface area contributed by atoms with Crippen molar-refractivity contribution in [1.82, 2.24) is 15.5 Å². The van der Waals surface area contributed by atoms with E-state index < -0.39 is 0 Å². The van der Waals surface area contributed by atoms with Gasteiger partial charge in [0, 0.05) is 31.1 Å². The van der Waals surface area contributed by atoms with Crippen molar-refractivity contribution in [3.05, 3.63) is 83.9 Å². The summed E-state index contributed by atoms with van der Waals surface area (Å²) in [5.41, 5.74) is 1.93. The van der Waals surface area contributed by atoms with E-state index >= 15 is 0 Å². The van der Waals surface area contributed by atoms with Crippen molar-refractivity contribution < 1.29 is 9.59 Å². The van der Waals surface area contributed by atoms with E-state index in [4.69, 9.17) is 0 Å². The van der Waals surface area contributed by atoms with Crippen molar-refractivity contribution >= 4 is 22.6 Å². The Balaban J connectivity index is 1.14. The van der Waals surface area contributed by atoms with Gasteiger partial charge in [-0.25, -0.2) is 0 Å². The first-order valence-electron chi connectivity index (χ1n) is 11.5. The van der Waals surface area contributed by atoms with E-state index in [0.717, 1.165) is 49.7 Å². The summed E-state index contributed by atoms with van der Waals surface area (Å²) in [7, 11) is 0. The summed E-state index contributed by atoms with van der Waals surface area (Å²) in [5.74, 6) is 0.225. The number of rotatable bonds is 8. The monoisotopic (exact) mass is 429 g/mol. The van der Waals surface area contributed by atoms with Crippen LogP contribution >= 0.6 is 0 Å². The molecule has 1 fully saturated rings. The number of amides is 2. The van der Waals surface area contributed by atoms with Gasteiger partial charge in [-0.3, -0.25) is 9.59 Å². The molecule has 1 heterocycles. The van der Waals surface area contributed by atoms with Crippen molar-refractivity contribution in [2.45, 2.75) is 19.3 Å². The number of carbonyl (C=O) groups excluding carboxylic acids is 2. The molecular formula is C27H31N3O2. The van der Waals surface area contributed by atoms with E-state index in [1.165, 1.54) is 5.56 Å². The summed E-state index contributed by atoms with van der Waals surface area (Å²) in [6.07, 6.45) is 2.61. The number of likely N-dealkylation sites (tertiary alicyclic amines) is 1. The van der Waals surface area contributed by atoms with E-state index in [0.29, 0.717) is 18.7 Å². The average Bonchev–Trinajstić information content (AvgIpc) is 2.84. The largest absolute Gasteiger partial charge is 0.356 e. The summed E-state index contributed by atoms with van der Waals surface area (Å²) >= 11 is 0. The lowest BCUT2D eigenvalue weighted by Gasteiger charge is -2.31. The Hall–Kier alpha value is -3.18. The average molecular weight is 430 g/mol. The molecule has 1 saturated heterocycles. The van der Waals surface area contributed by atoms with Crippen molar-refractivity contribution in [2.75, 3.05) is 32.7 Å². The fourth-order valence-corrected chi connectivity index (χ4v) is 4.30. The molecule has 3 aromatic carbocycles. The molecule has 5 nitrogen and oxygen atoms in total. The van der Waals surface area contributed by atoms with Gasteiger partial charge in [0.05, 0.1) is 0 Å². The van der Waals surface area contributed by atoms with E-state index in [2.05, 4.69) is 27.7 Å². The van der Waals surface area contributed by atoms with Crippen LogP contribution in [-0.2, 0) is 11.2 Å². The number of fused-ring (bicyclic) bond motifs is 1. The SMILES string of the molecule is O=C(NCCN1CCC(C(=O)NCCc2ccccc2)CC1)c1ccc2ccccc2c1. The number of hydrogen-bond acceptors (Lipinski definition) is 3. The second-order valence-electron chi connectivity index (χ2n) is 8.46. The molecule has 0 saturated carbocycles. The Labute approximate surface area is 189 Å². The zero-order chi connectivity index (χ0) is 22.2.